The highest BCUT2D eigenvalue weighted by atomic mass is 79.9. The largest absolute Gasteiger partial charge is 0.484 e. The van der Waals surface area contributed by atoms with E-state index in [1.54, 1.807) is 6.07 Å². The van der Waals surface area contributed by atoms with Crippen molar-refractivity contribution in [3.63, 3.8) is 0 Å². The molecule has 2 aromatic rings. The molecule has 0 aliphatic rings. The Morgan fingerprint density at radius 2 is 2.17 bits per heavy atom. The molecule has 0 aliphatic heterocycles. The standard InChI is InChI=1S/C12H11BrN2O3/c13-9-3-1-2-4-10(9)18-7-11-8(5-6-17-11)12(16)15-14/h1-6H,7,14H2,(H,15,16). The molecule has 6 heteroatoms. The zero-order valence-electron chi connectivity index (χ0n) is 9.35. The molecule has 18 heavy (non-hydrogen) atoms. The summed E-state index contributed by atoms with van der Waals surface area (Å²) in [4.78, 5) is 11.4. The highest BCUT2D eigenvalue weighted by Crippen LogP contribution is 2.25. The van der Waals surface area contributed by atoms with Crippen LogP contribution in [-0.2, 0) is 6.61 Å². The van der Waals surface area contributed by atoms with E-state index >= 15 is 0 Å². The van der Waals surface area contributed by atoms with Crippen molar-refractivity contribution in [2.45, 2.75) is 6.61 Å². The third-order valence-electron chi connectivity index (χ3n) is 2.32. The van der Waals surface area contributed by atoms with Gasteiger partial charge in [-0.1, -0.05) is 12.1 Å². The summed E-state index contributed by atoms with van der Waals surface area (Å²) in [5, 5.41) is 0. The van der Waals surface area contributed by atoms with Crippen LogP contribution in [-0.4, -0.2) is 5.91 Å². The van der Waals surface area contributed by atoms with Gasteiger partial charge in [-0.2, -0.15) is 0 Å². The van der Waals surface area contributed by atoms with E-state index in [2.05, 4.69) is 21.4 Å². The third-order valence-corrected chi connectivity index (χ3v) is 2.97. The van der Waals surface area contributed by atoms with Gasteiger partial charge in [-0.3, -0.25) is 10.2 Å². The first-order chi connectivity index (χ1) is 8.72. The van der Waals surface area contributed by atoms with Gasteiger partial charge in [0.15, 0.2) is 5.76 Å². The summed E-state index contributed by atoms with van der Waals surface area (Å²) in [6.07, 6.45) is 1.42. The minimum atomic E-state index is -0.408. The molecular formula is C12H11BrN2O3. The number of amides is 1. The molecule has 0 saturated heterocycles. The number of benzene rings is 1. The van der Waals surface area contributed by atoms with Crippen LogP contribution in [0.15, 0.2) is 45.5 Å². The normalized spacial score (nSPS) is 10.1. The number of para-hydroxylation sites is 1. The van der Waals surface area contributed by atoms with Crippen LogP contribution in [0.25, 0.3) is 0 Å². The summed E-state index contributed by atoms with van der Waals surface area (Å²) in [7, 11) is 0. The van der Waals surface area contributed by atoms with Crippen molar-refractivity contribution in [1.29, 1.82) is 0 Å². The summed E-state index contributed by atoms with van der Waals surface area (Å²) in [5.41, 5.74) is 2.42. The molecule has 1 aromatic carbocycles. The number of nitrogens with two attached hydrogens (primary N) is 1. The van der Waals surface area contributed by atoms with Crippen LogP contribution in [0.4, 0.5) is 0 Å². The first-order valence-electron chi connectivity index (χ1n) is 5.17. The van der Waals surface area contributed by atoms with E-state index < -0.39 is 5.91 Å². The zero-order chi connectivity index (χ0) is 13.0. The number of hydrogen-bond acceptors (Lipinski definition) is 4. The first-order valence-corrected chi connectivity index (χ1v) is 5.96. The lowest BCUT2D eigenvalue weighted by Crippen LogP contribution is -2.30. The predicted molar refractivity (Wildman–Crippen MR) is 68.8 cm³/mol. The molecule has 0 atom stereocenters. The number of ether oxygens (including phenoxy) is 1. The maximum Gasteiger partial charge on any atom is 0.268 e. The fraction of sp³-hybridized carbons (Fsp3) is 0.0833. The van der Waals surface area contributed by atoms with E-state index in [4.69, 9.17) is 15.0 Å². The fourth-order valence-electron chi connectivity index (χ4n) is 1.44. The molecule has 0 bridgehead atoms. The van der Waals surface area contributed by atoms with Crippen molar-refractivity contribution < 1.29 is 13.9 Å². The Morgan fingerprint density at radius 1 is 1.39 bits per heavy atom. The van der Waals surface area contributed by atoms with Crippen LogP contribution in [0, 0.1) is 0 Å². The second kappa shape index (κ2) is 5.70. The smallest absolute Gasteiger partial charge is 0.268 e. The van der Waals surface area contributed by atoms with Gasteiger partial charge >= 0.3 is 0 Å². The van der Waals surface area contributed by atoms with Gasteiger partial charge in [-0.15, -0.1) is 0 Å². The molecule has 0 aliphatic carbocycles. The molecule has 0 radical (unpaired) electrons. The Bertz CT molecular complexity index is 554. The van der Waals surface area contributed by atoms with Crippen LogP contribution in [0.5, 0.6) is 5.75 Å². The van der Waals surface area contributed by atoms with E-state index in [0.717, 1.165) is 4.47 Å². The minimum Gasteiger partial charge on any atom is -0.484 e. The molecule has 94 valence electrons. The summed E-state index contributed by atoms with van der Waals surface area (Å²) in [5.74, 6) is 5.76. The molecule has 1 aromatic heterocycles. The molecule has 0 saturated carbocycles. The Hall–Kier alpha value is -1.79. The summed E-state index contributed by atoms with van der Waals surface area (Å²) < 4.78 is 11.6. The number of nitrogen functional groups attached to an aromatic ring is 1. The molecule has 2 rings (SSSR count). The maximum atomic E-state index is 11.4. The summed E-state index contributed by atoms with van der Waals surface area (Å²) in [6, 6.07) is 8.97. The topological polar surface area (TPSA) is 77.5 Å². The van der Waals surface area contributed by atoms with E-state index in [0.29, 0.717) is 17.1 Å². The SMILES string of the molecule is NNC(=O)c1ccoc1COc1ccccc1Br. The van der Waals surface area contributed by atoms with Crippen LogP contribution in [0.3, 0.4) is 0 Å². The van der Waals surface area contributed by atoms with E-state index in [-0.39, 0.29) is 6.61 Å². The van der Waals surface area contributed by atoms with Gasteiger partial charge in [-0.05, 0) is 34.1 Å². The van der Waals surface area contributed by atoms with Gasteiger partial charge in [0.25, 0.3) is 5.91 Å². The predicted octanol–water partition coefficient (Wildman–Crippen LogP) is 2.22. The molecule has 3 N–H and O–H groups in total. The average Bonchev–Trinajstić information content (AvgIpc) is 2.85. The molecule has 5 nitrogen and oxygen atoms in total. The van der Waals surface area contributed by atoms with Crippen molar-refractivity contribution in [1.82, 2.24) is 5.43 Å². The van der Waals surface area contributed by atoms with Gasteiger partial charge < -0.3 is 9.15 Å². The maximum absolute atomic E-state index is 11.4. The Kier molecular flexibility index (Phi) is 4.01. The van der Waals surface area contributed by atoms with Crippen molar-refractivity contribution in [3.8, 4) is 5.75 Å². The van der Waals surface area contributed by atoms with Gasteiger partial charge in [0.2, 0.25) is 0 Å². The lowest BCUT2D eigenvalue weighted by atomic mass is 10.2. The number of carbonyl (C=O) groups excluding carboxylic acids is 1. The van der Waals surface area contributed by atoms with E-state index in [1.165, 1.54) is 6.26 Å². The number of halogens is 1. The summed E-state index contributed by atoms with van der Waals surface area (Å²) >= 11 is 3.37. The Labute approximate surface area is 112 Å². The fourth-order valence-corrected chi connectivity index (χ4v) is 1.84. The van der Waals surface area contributed by atoms with Crippen molar-refractivity contribution in [2.75, 3.05) is 0 Å². The monoisotopic (exact) mass is 310 g/mol. The second-order valence-electron chi connectivity index (χ2n) is 3.45. The Balaban J connectivity index is 2.09. The molecule has 1 heterocycles. The van der Waals surface area contributed by atoms with Gasteiger partial charge in [-0.25, -0.2) is 5.84 Å². The lowest BCUT2D eigenvalue weighted by Gasteiger charge is -2.07. The van der Waals surface area contributed by atoms with E-state index in [9.17, 15) is 4.79 Å². The average molecular weight is 311 g/mol. The lowest BCUT2D eigenvalue weighted by molar-refractivity contribution is 0.0949. The number of carbonyl (C=O) groups is 1. The number of furan rings is 1. The van der Waals surface area contributed by atoms with Crippen LogP contribution in [0.1, 0.15) is 16.1 Å². The molecular weight excluding hydrogens is 300 g/mol. The number of rotatable bonds is 4. The molecule has 1 amide bonds. The first kappa shape index (κ1) is 12.7. The highest BCUT2D eigenvalue weighted by Gasteiger charge is 2.14. The zero-order valence-corrected chi connectivity index (χ0v) is 10.9. The van der Waals surface area contributed by atoms with Crippen molar-refractivity contribution in [3.05, 3.63) is 52.4 Å². The van der Waals surface area contributed by atoms with Gasteiger partial charge in [0, 0.05) is 0 Å². The number of hydrazine groups is 1. The van der Waals surface area contributed by atoms with Crippen LogP contribution >= 0.6 is 15.9 Å². The number of nitrogens with one attached hydrogen (secondary N) is 1. The third kappa shape index (κ3) is 2.72. The molecule has 0 fully saturated rings. The van der Waals surface area contributed by atoms with Gasteiger partial charge in [0.05, 0.1) is 16.3 Å². The molecule has 0 unspecified atom stereocenters. The summed E-state index contributed by atoms with van der Waals surface area (Å²) in [6.45, 7) is 0.151. The minimum absolute atomic E-state index is 0.151. The second-order valence-corrected chi connectivity index (χ2v) is 4.30. The number of hydrogen-bond donors (Lipinski definition) is 2. The van der Waals surface area contributed by atoms with Gasteiger partial charge in [0.1, 0.15) is 12.4 Å². The van der Waals surface area contributed by atoms with Crippen molar-refractivity contribution >= 4 is 21.8 Å². The van der Waals surface area contributed by atoms with Crippen LogP contribution in [0.2, 0.25) is 0 Å². The quantitative estimate of drug-likeness (QED) is 0.516. The van der Waals surface area contributed by atoms with Crippen LogP contribution < -0.4 is 16.0 Å². The Morgan fingerprint density at radius 3 is 2.89 bits per heavy atom. The van der Waals surface area contributed by atoms with Crippen molar-refractivity contribution in [2.24, 2.45) is 5.84 Å². The van der Waals surface area contributed by atoms with E-state index in [1.807, 2.05) is 24.3 Å². The molecule has 0 spiro atoms. The highest BCUT2D eigenvalue weighted by molar-refractivity contribution is 9.10.